The van der Waals surface area contributed by atoms with Crippen LogP contribution in [0, 0.1) is 5.92 Å². The molecule has 1 amide bonds. The van der Waals surface area contributed by atoms with E-state index in [1.165, 1.54) is 32.1 Å². The van der Waals surface area contributed by atoms with Gasteiger partial charge in [0.2, 0.25) is 5.91 Å². The maximum Gasteiger partial charge on any atom is 0.225 e. The Morgan fingerprint density at radius 3 is 2.12 bits per heavy atom. The second kappa shape index (κ2) is 6.24. The topological polar surface area (TPSA) is 32.3 Å². The van der Waals surface area contributed by atoms with E-state index in [0.717, 1.165) is 39.0 Å². The van der Waals surface area contributed by atoms with Crippen molar-refractivity contribution in [2.45, 2.75) is 44.9 Å². The van der Waals surface area contributed by atoms with Crippen molar-refractivity contribution in [3.05, 3.63) is 0 Å². The minimum Gasteiger partial charge on any atom is -0.340 e. The molecule has 1 heterocycles. The van der Waals surface area contributed by atoms with Crippen LogP contribution in [0.2, 0.25) is 0 Å². The van der Waals surface area contributed by atoms with Crippen molar-refractivity contribution >= 4 is 5.91 Å². The number of piperazine rings is 1. The second-order valence-electron chi connectivity index (χ2n) is 5.12. The molecule has 0 radical (unpaired) electrons. The number of amides is 1. The fraction of sp³-hybridized carbons (Fsp3) is 0.923. The number of carbonyl (C=O) groups excluding carboxylic acids is 1. The van der Waals surface area contributed by atoms with Crippen LogP contribution in [0.25, 0.3) is 0 Å². The standard InChI is InChI=1S/C13H24N2O/c16-13(15-10-8-14-9-11-15)12-6-4-2-1-3-5-7-12/h12,14H,1-11H2. The Balaban J connectivity index is 1.85. The Hall–Kier alpha value is -0.570. The average molecular weight is 224 g/mol. The minimum absolute atomic E-state index is 0.332. The van der Waals surface area contributed by atoms with Crippen LogP contribution in [-0.2, 0) is 4.79 Å². The van der Waals surface area contributed by atoms with Gasteiger partial charge in [-0.3, -0.25) is 4.79 Å². The fourth-order valence-electron chi connectivity index (χ4n) is 2.85. The van der Waals surface area contributed by atoms with E-state index < -0.39 is 0 Å². The lowest BCUT2D eigenvalue weighted by molar-refractivity contribution is -0.136. The third kappa shape index (κ3) is 3.21. The Kier molecular flexibility index (Phi) is 4.64. The Bertz CT molecular complexity index is 216. The molecule has 0 bridgehead atoms. The Labute approximate surface area is 98.6 Å². The summed E-state index contributed by atoms with van der Waals surface area (Å²) in [6.07, 6.45) is 8.78. The highest BCUT2D eigenvalue weighted by Crippen LogP contribution is 2.24. The highest BCUT2D eigenvalue weighted by molar-refractivity contribution is 5.78. The molecule has 0 spiro atoms. The van der Waals surface area contributed by atoms with Gasteiger partial charge < -0.3 is 10.2 Å². The molecular formula is C13H24N2O. The predicted octanol–water partition coefficient (Wildman–Crippen LogP) is 1.78. The minimum atomic E-state index is 0.332. The summed E-state index contributed by atoms with van der Waals surface area (Å²) in [5.74, 6) is 0.766. The molecule has 3 nitrogen and oxygen atoms in total. The van der Waals surface area contributed by atoms with Crippen molar-refractivity contribution in [3.63, 3.8) is 0 Å². The number of rotatable bonds is 1. The van der Waals surface area contributed by atoms with Crippen molar-refractivity contribution in [1.82, 2.24) is 10.2 Å². The first kappa shape index (κ1) is 11.9. The monoisotopic (exact) mass is 224 g/mol. The van der Waals surface area contributed by atoms with Gasteiger partial charge in [-0.05, 0) is 12.8 Å². The van der Waals surface area contributed by atoms with Gasteiger partial charge in [0.25, 0.3) is 0 Å². The molecule has 0 aromatic heterocycles. The van der Waals surface area contributed by atoms with Crippen LogP contribution < -0.4 is 5.32 Å². The van der Waals surface area contributed by atoms with E-state index in [1.807, 2.05) is 0 Å². The fourth-order valence-corrected chi connectivity index (χ4v) is 2.85. The Morgan fingerprint density at radius 1 is 0.938 bits per heavy atom. The van der Waals surface area contributed by atoms with Gasteiger partial charge in [0, 0.05) is 32.1 Å². The van der Waals surface area contributed by atoms with E-state index in [0.29, 0.717) is 11.8 Å². The number of hydrogen-bond acceptors (Lipinski definition) is 2. The zero-order valence-electron chi connectivity index (χ0n) is 10.2. The van der Waals surface area contributed by atoms with E-state index in [1.54, 1.807) is 0 Å². The van der Waals surface area contributed by atoms with Crippen LogP contribution in [-0.4, -0.2) is 37.0 Å². The summed E-state index contributed by atoms with van der Waals surface area (Å²) in [5.41, 5.74) is 0. The molecule has 1 aliphatic carbocycles. The molecule has 92 valence electrons. The summed E-state index contributed by atoms with van der Waals surface area (Å²) in [4.78, 5) is 14.4. The number of nitrogens with zero attached hydrogens (tertiary/aromatic N) is 1. The van der Waals surface area contributed by atoms with Gasteiger partial charge in [-0.25, -0.2) is 0 Å². The SMILES string of the molecule is O=C(C1CCCCCCC1)N1CCNCC1. The van der Waals surface area contributed by atoms with Crippen LogP contribution in [0.5, 0.6) is 0 Å². The largest absolute Gasteiger partial charge is 0.340 e. The van der Waals surface area contributed by atoms with E-state index in [9.17, 15) is 4.79 Å². The smallest absolute Gasteiger partial charge is 0.225 e. The summed E-state index contributed by atoms with van der Waals surface area (Å²) in [6, 6.07) is 0. The van der Waals surface area contributed by atoms with Gasteiger partial charge in [-0.2, -0.15) is 0 Å². The zero-order valence-corrected chi connectivity index (χ0v) is 10.2. The lowest BCUT2D eigenvalue weighted by Crippen LogP contribution is -2.48. The first-order chi connectivity index (χ1) is 7.88. The molecule has 2 fully saturated rings. The van der Waals surface area contributed by atoms with E-state index in [4.69, 9.17) is 0 Å². The molecular weight excluding hydrogens is 200 g/mol. The van der Waals surface area contributed by atoms with Crippen LogP contribution >= 0.6 is 0 Å². The third-order valence-electron chi connectivity index (χ3n) is 3.88. The molecule has 1 N–H and O–H groups in total. The highest BCUT2D eigenvalue weighted by atomic mass is 16.2. The first-order valence-corrected chi connectivity index (χ1v) is 6.87. The van der Waals surface area contributed by atoms with Crippen molar-refractivity contribution < 1.29 is 4.79 Å². The summed E-state index contributed by atoms with van der Waals surface area (Å²) < 4.78 is 0. The van der Waals surface area contributed by atoms with Crippen LogP contribution in [0.4, 0.5) is 0 Å². The molecule has 0 atom stereocenters. The van der Waals surface area contributed by atoms with Gasteiger partial charge in [0.15, 0.2) is 0 Å². The van der Waals surface area contributed by atoms with Gasteiger partial charge in [-0.1, -0.05) is 32.1 Å². The number of carbonyl (C=O) groups is 1. The van der Waals surface area contributed by atoms with Crippen LogP contribution in [0.3, 0.4) is 0 Å². The molecule has 2 rings (SSSR count). The zero-order chi connectivity index (χ0) is 11.2. The summed E-state index contributed by atoms with van der Waals surface area (Å²) in [7, 11) is 0. The molecule has 3 heteroatoms. The lowest BCUT2D eigenvalue weighted by atomic mass is 9.90. The van der Waals surface area contributed by atoms with Crippen molar-refractivity contribution in [2.75, 3.05) is 26.2 Å². The van der Waals surface area contributed by atoms with Crippen LogP contribution in [0.15, 0.2) is 0 Å². The average Bonchev–Trinajstić information content (AvgIpc) is 2.29. The lowest BCUT2D eigenvalue weighted by Gasteiger charge is -2.31. The molecule has 1 aliphatic heterocycles. The molecule has 16 heavy (non-hydrogen) atoms. The molecule has 1 saturated heterocycles. The second-order valence-corrected chi connectivity index (χ2v) is 5.12. The molecule has 2 aliphatic rings. The quantitative estimate of drug-likeness (QED) is 0.736. The summed E-state index contributed by atoms with van der Waals surface area (Å²) in [5, 5.41) is 3.30. The normalized spacial score (nSPS) is 24.9. The predicted molar refractivity (Wildman–Crippen MR) is 65.3 cm³/mol. The van der Waals surface area contributed by atoms with Gasteiger partial charge >= 0.3 is 0 Å². The van der Waals surface area contributed by atoms with Crippen molar-refractivity contribution in [1.29, 1.82) is 0 Å². The summed E-state index contributed by atoms with van der Waals surface area (Å²) >= 11 is 0. The molecule has 0 aromatic carbocycles. The van der Waals surface area contributed by atoms with Crippen molar-refractivity contribution in [2.24, 2.45) is 5.92 Å². The van der Waals surface area contributed by atoms with Crippen molar-refractivity contribution in [3.8, 4) is 0 Å². The maximum absolute atomic E-state index is 12.3. The number of nitrogens with one attached hydrogen (secondary N) is 1. The molecule has 1 saturated carbocycles. The van der Waals surface area contributed by atoms with Gasteiger partial charge in [0.1, 0.15) is 0 Å². The first-order valence-electron chi connectivity index (χ1n) is 6.87. The van der Waals surface area contributed by atoms with Gasteiger partial charge in [-0.15, -0.1) is 0 Å². The molecule has 0 unspecified atom stereocenters. The van der Waals surface area contributed by atoms with E-state index in [-0.39, 0.29) is 0 Å². The molecule has 0 aromatic rings. The highest BCUT2D eigenvalue weighted by Gasteiger charge is 2.25. The van der Waals surface area contributed by atoms with E-state index in [2.05, 4.69) is 10.2 Å². The third-order valence-corrected chi connectivity index (χ3v) is 3.88. The Morgan fingerprint density at radius 2 is 1.50 bits per heavy atom. The van der Waals surface area contributed by atoms with Crippen LogP contribution in [0.1, 0.15) is 44.9 Å². The van der Waals surface area contributed by atoms with E-state index >= 15 is 0 Å². The number of hydrogen-bond donors (Lipinski definition) is 1. The maximum atomic E-state index is 12.3. The van der Waals surface area contributed by atoms with Gasteiger partial charge in [0.05, 0.1) is 0 Å². The summed E-state index contributed by atoms with van der Waals surface area (Å²) in [6.45, 7) is 3.77.